The number of para-hydroxylation sites is 1. The Balaban J connectivity index is 1.98. The van der Waals surface area contributed by atoms with E-state index in [1.54, 1.807) is 17.8 Å². The van der Waals surface area contributed by atoms with Gasteiger partial charge in [0.2, 0.25) is 0 Å². The highest BCUT2D eigenvalue weighted by atomic mass is 32.2. The number of rotatable bonds is 5. The van der Waals surface area contributed by atoms with Gasteiger partial charge in [0.25, 0.3) is 0 Å². The summed E-state index contributed by atoms with van der Waals surface area (Å²) in [5, 5.41) is 0.443. The number of ketones is 1. The van der Waals surface area contributed by atoms with Gasteiger partial charge in [-0.3, -0.25) is 4.79 Å². The molecule has 2 rings (SSSR count). The maximum Gasteiger partial charge on any atom is 0.573 e. The largest absolute Gasteiger partial charge is 0.573 e. The molecule has 0 bridgehead atoms. The molecule has 0 unspecified atom stereocenters. The third-order valence-electron chi connectivity index (χ3n) is 3.42. The molecule has 0 amide bonds. The lowest BCUT2D eigenvalue weighted by Crippen LogP contribution is -2.19. The highest BCUT2D eigenvalue weighted by Crippen LogP contribution is 2.31. The molecular formula is C15H17F3O2S. The summed E-state index contributed by atoms with van der Waals surface area (Å²) in [6.45, 7) is 0. The van der Waals surface area contributed by atoms with Gasteiger partial charge in [-0.05, 0) is 25.0 Å². The van der Waals surface area contributed by atoms with Gasteiger partial charge >= 0.3 is 6.36 Å². The number of thioether (sulfide) groups is 1. The molecule has 1 aromatic carbocycles. The number of hydrogen-bond acceptors (Lipinski definition) is 3. The summed E-state index contributed by atoms with van der Waals surface area (Å²) in [5.74, 6) is -0.534. The fourth-order valence-electron chi connectivity index (χ4n) is 2.41. The Bertz CT molecular complexity index is 482. The molecule has 0 N–H and O–H groups in total. The van der Waals surface area contributed by atoms with Crippen LogP contribution in [0.5, 0.6) is 5.75 Å². The van der Waals surface area contributed by atoms with Crippen LogP contribution in [0, 0.1) is 0 Å². The molecule has 0 heterocycles. The van der Waals surface area contributed by atoms with E-state index in [-0.39, 0.29) is 17.1 Å². The molecule has 2 nitrogen and oxygen atoms in total. The highest BCUT2D eigenvalue weighted by molar-refractivity contribution is 8.00. The number of hydrogen-bond donors (Lipinski definition) is 0. The fraction of sp³-hybridized carbons (Fsp3) is 0.533. The molecule has 1 saturated carbocycles. The lowest BCUT2D eigenvalue weighted by Gasteiger charge is -2.20. The standard InChI is InChI=1S/C15H17F3O2S/c16-15(17,18)20-14-9-5-4-8-12(14)13(19)10-21-11-6-2-1-3-7-11/h4-5,8-9,11H,1-3,6-7,10H2. The first-order chi connectivity index (χ1) is 9.96. The Morgan fingerprint density at radius 3 is 2.52 bits per heavy atom. The van der Waals surface area contributed by atoms with E-state index in [0.717, 1.165) is 12.8 Å². The van der Waals surface area contributed by atoms with Crippen molar-refractivity contribution in [3.05, 3.63) is 29.8 Å². The topological polar surface area (TPSA) is 26.3 Å². The molecule has 0 spiro atoms. The summed E-state index contributed by atoms with van der Waals surface area (Å²) >= 11 is 1.54. The Labute approximate surface area is 126 Å². The predicted octanol–water partition coefficient (Wildman–Crippen LogP) is 4.83. The Kier molecular flexibility index (Phi) is 5.56. The summed E-state index contributed by atoms with van der Waals surface area (Å²) in [4.78, 5) is 12.1. The van der Waals surface area contributed by atoms with Crippen LogP contribution in [0.3, 0.4) is 0 Å². The number of carbonyl (C=O) groups excluding carboxylic acids is 1. The molecule has 0 aliphatic heterocycles. The summed E-state index contributed by atoms with van der Waals surface area (Å²) in [6.07, 6.45) is 0.941. The van der Waals surface area contributed by atoms with Crippen molar-refractivity contribution in [2.75, 3.05) is 5.75 Å². The first-order valence-electron chi connectivity index (χ1n) is 6.95. The van der Waals surface area contributed by atoms with Crippen LogP contribution in [0.25, 0.3) is 0 Å². The molecule has 6 heteroatoms. The van der Waals surface area contributed by atoms with Gasteiger partial charge in [-0.15, -0.1) is 13.2 Å². The molecule has 0 aromatic heterocycles. The first-order valence-corrected chi connectivity index (χ1v) is 8.00. The molecule has 1 aromatic rings. The maximum atomic E-state index is 12.3. The van der Waals surface area contributed by atoms with Crippen molar-refractivity contribution in [2.45, 2.75) is 43.7 Å². The maximum absolute atomic E-state index is 12.3. The molecule has 1 aliphatic rings. The predicted molar refractivity (Wildman–Crippen MR) is 76.8 cm³/mol. The van der Waals surface area contributed by atoms with Gasteiger partial charge in [0.05, 0.1) is 11.3 Å². The lowest BCUT2D eigenvalue weighted by atomic mass is 10.0. The monoisotopic (exact) mass is 318 g/mol. The molecule has 21 heavy (non-hydrogen) atoms. The Hall–Kier alpha value is -1.17. The van der Waals surface area contributed by atoms with Crippen LogP contribution in [-0.4, -0.2) is 23.1 Å². The minimum atomic E-state index is -4.78. The van der Waals surface area contributed by atoms with Crippen LogP contribution in [-0.2, 0) is 0 Å². The summed E-state index contributed by atoms with van der Waals surface area (Å²) < 4.78 is 40.9. The summed E-state index contributed by atoms with van der Waals surface area (Å²) in [7, 11) is 0. The van der Waals surface area contributed by atoms with E-state index in [1.165, 1.54) is 37.5 Å². The van der Waals surface area contributed by atoms with E-state index in [4.69, 9.17) is 0 Å². The van der Waals surface area contributed by atoms with Crippen molar-refractivity contribution < 1.29 is 22.7 Å². The van der Waals surface area contributed by atoms with Crippen LogP contribution in [0.15, 0.2) is 24.3 Å². The smallest absolute Gasteiger partial charge is 0.405 e. The van der Waals surface area contributed by atoms with E-state index in [0.29, 0.717) is 5.25 Å². The van der Waals surface area contributed by atoms with E-state index in [9.17, 15) is 18.0 Å². The minimum Gasteiger partial charge on any atom is -0.405 e. The van der Waals surface area contributed by atoms with E-state index < -0.39 is 12.1 Å². The average molecular weight is 318 g/mol. The van der Waals surface area contributed by atoms with Gasteiger partial charge < -0.3 is 4.74 Å². The number of carbonyl (C=O) groups is 1. The zero-order valence-electron chi connectivity index (χ0n) is 11.5. The van der Waals surface area contributed by atoms with Gasteiger partial charge in [-0.2, -0.15) is 11.8 Å². The van der Waals surface area contributed by atoms with Crippen molar-refractivity contribution in [3.8, 4) is 5.75 Å². The summed E-state index contributed by atoms with van der Waals surface area (Å²) in [5.41, 5.74) is -0.00173. The van der Waals surface area contributed by atoms with Crippen LogP contribution in [0.4, 0.5) is 13.2 Å². The fourth-order valence-corrected chi connectivity index (χ4v) is 3.62. The van der Waals surface area contributed by atoms with Crippen molar-refractivity contribution >= 4 is 17.5 Å². The van der Waals surface area contributed by atoms with E-state index >= 15 is 0 Å². The van der Waals surface area contributed by atoms with Gasteiger partial charge in [0.15, 0.2) is 5.78 Å². The average Bonchev–Trinajstić information content (AvgIpc) is 2.45. The molecule has 1 fully saturated rings. The number of alkyl halides is 3. The van der Waals surface area contributed by atoms with Crippen LogP contribution in [0.1, 0.15) is 42.5 Å². The SMILES string of the molecule is O=C(CSC1CCCCC1)c1ccccc1OC(F)(F)F. The minimum absolute atomic E-state index is 0.00173. The van der Waals surface area contributed by atoms with Crippen molar-refractivity contribution in [1.29, 1.82) is 0 Å². The number of ether oxygens (including phenoxy) is 1. The zero-order valence-corrected chi connectivity index (χ0v) is 12.3. The first kappa shape index (κ1) is 16.2. The second-order valence-electron chi connectivity index (χ2n) is 5.04. The van der Waals surface area contributed by atoms with Crippen LogP contribution < -0.4 is 4.74 Å². The second kappa shape index (κ2) is 7.20. The number of benzene rings is 1. The van der Waals surface area contributed by atoms with Crippen molar-refractivity contribution in [2.24, 2.45) is 0 Å². The third kappa shape index (κ3) is 5.26. The quantitative estimate of drug-likeness (QED) is 0.727. The zero-order chi connectivity index (χ0) is 15.3. The van der Waals surface area contributed by atoms with Crippen LogP contribution in [0.2, 0.25) is 0 Å². The molecule has 0 radical (unpaired) electrons. The van der Waals surface area contributed by atoms with Gasteiger partial charge in [0.1, 0.15) is 5.75 Å². The molecule has 116 valence electrons. The van der Waals surface area contributed by atoms with E-state index in [1.807, 2.05) is 0 Å². The Morgan fingerprint density at radius 2 is 1.86 bits per heavy atom. The molecular weight excluding hydrogens is 301 g/mol. The number of halogens is 3. The van der Waals surface area contributed by atoms with Crippen molar-refractivity contribution in [1.82, 2.24) is 0 Å². The van der Waals surface area contributed by atoms with Gasteiger partial charge in [-0.25, -0.2) is 0 Å². The normalized spacial score (nSPS) is 16.7. The molecule has 0 atom stereocenters. The van der Waals surface area contributed by atoms with Gasteiger partial charge in [-0.1, -0.05) is 31.4 Å². The second-order valence-corrected chi connectivity index (χ2v) is 6.33. The lowest BCUT2D eigenvalue weighted by molar-refractivity contribution is -0.274. The molecule has 0 saturated heterocycles. The highest BCUT2D eigenvalue weighted by Gasteiger charge is 2.32. The van der Waals surface area contributed by atoms with E-state index in [2.05, 4.69) is 4.74 Å². The summed E-state index contributed by atoms with van der Waals surface area (Å²) in [6, 6.07) is 5.52. The number of Topliss-reactive ketones (excluding diaryl/α,β-unsaturated/α-hetero) is 1. The van der Waals surface area contributed by atoms with Crippen LogP contribution >= 0.6 is 11.8 Å². The third-order valence-corrected chi connectivity index (χ3v) is 4.79. The van der Waals surface area contributed by atoms with Crippen molar-refractivity contribution in [3.63, 3.8) is 0 Å². The van der Waals surface area contributed by atoms with Gasteiger partial charge in [0, 0.05) is 5.25 Å². The molecule has 1 aliphatic carbocycles. The Morgan fingerprint density at radius 1 is 1.19 bits per heavy atom.